The van der Waals surface area contributed by atoms with Crippen molar-refractivity contribution in [3.63, 3.8) is 0 Å². The van der Waals surface area contributed by atoms with Gasteiger partial charge in [0, 0.05) is 46.2 Å². The Kier molecular flexibility index (Phi) is 4.60. The minimum atomic E-state index is -3.51. The van der Waals surface area contributed by atoms with E-state index in [4.69, 9.17) is 0 Å². The van der Waals surface area contributed by atoms with Crippen LogP contribution in [-0.2, 0) is 19.6 Å². The first-order chi connectivity index (χ1) is 11.4. The number of sulfonamides is 1. The molecule has 1 aromatic rings. The number of piperazine rings is 1. The zero-order chi connectivity index (χ0) is 17.3. The normalized spacial score (nSPS) is 22.9. The molecule has 2 fully saturated rings. The van der Waals surface area contributed by atoms with Crippen molar-refractivity contribution in [2.24, 2.45) is 5.92 Å². The first-order valence-corrected chi connectivity index (χ1v) is 9.41. The Hall–Kier alpha value is -1.93. The van der Waals surface area contributed by atoms with Crippen LogP contribution in [0.3, 0.4) is 0 Å². The lowest BCUT2D eigenvalue weighted by Gasteiger charge is -2.35. The van der Waals surface area contributed by atoms with E-state index >= 15 is 0 Å². The Balaban J connectivity index is 1.62. The van der Waals surface area contributed by atoms with Gasteiger partial charge in [0.05, 0.1) is 10.8 Å². The number of hydrogen-bond donors (Lipinski definition) is 0. The number of hydrogen-bond acceptors (Lipinski definition) is 4. The Labute approximate surface area is 141 Å². The van der Waals surface area contributed by atoms with Gasteiger partial charge in [-0.2, -0.15) is 4.31 Å². The lowest BCUT2D eigenvalue weighted by Crippen LogP contribution is -2.52. The fourth-order valence-electron chi connectivity index (χ4n) is 3.18. The molecule has 0 spiro atoms. The van der Waals surface area contributed by atoms with Gasteiger partial charge < -0.3 is 9.80 Å². The third-order valence-electron chi connectivity index (χ3n) is 4.62. The third-order valence-corrected chi connectivity index (χ3v) is 6.53. The molecule has 3 rings (SSSR count). The molecule has 0 aliphatic carbocycles. The van der Waals surface area contributed by atoms with Crippen LogP contribution in [0.5, 0.6) is 0 Å². The van der Waals surface area contributed by atoms with E-state index in [2.05, 4.69) is 0 Å². The largest absolute Gasteiger partial charge is 0.345 e. The average molecular weight is 351 g/mol. The lowest BCUT2D eigenvalue weighted by atomic mass is 10.1. The number of amides is 2. The summed E-state index contributed by atoms with van der Waals surface area (Å²) < 4.78 is 26.6. The second kappa shape index (κ2) is 6.52. The van der Waals surface area contributed by atoms with E-state index in [-0.39, 0.29) is 42.1 Å². The number of carbonyl (C=O) groups is 2. The molecule has 0 N–H and O–H groups in total. The van der Waals surface area contributed by atoms with Crippen LogP contribution in [0, 0.1) is 5.92 Å². The van der Waals surface area contributed by atoms with Gasteiger partial charge >= 0.3 is 0 Å². The molecule has 8 heteroatoms. The van der Waals surface area contributed by atoms with Gasteiger partial charge in [-0.25, -0.2) is 8.42 Å². The molecule has 0 unspecified atom stereocenters. The minimum Gasteiger partial charge on any atom is -0.345 e. The third kappa shape index (κ3) is 3.16. The Bertz CT molecular complexity index is 727. The number of rotatable bonds is 3. The quantitative estimate of drug-likeness (QED) is 0.768. The van der Waals surface area contributed by atoms with Gasteiger partial charge in [0.1, 0.15) is 0 Å². The predicted molar refractivity (Wildman–Crippen MR) is 87.5 cm³/mol. The summed E-state index contributed by atoms with van der Waals surface area (Å²) in [4.78, 5) is 27.6. The second-order valence-electron chi connectivity index (χ2n) is 6.22. The van der Waals surface area contributed by atoms with Crippen molar-refractivity contribution >= 4 is 21.8 Å². The molecule has 2 amide bonds. The summed E-state index contributed by atoms with van der Waals surface area (Å²) in [7, 11) is -1.82. The van der Waals surface area contributed by atoms with E-state index in [1.807, 2.05) is 0 Å². The summed E-state index contributed by atoms with van der Waals surface area (Å²) in [6.07, 6.45) is 0.248. The molecule has 0 aromatic heterocycles. The molecule has 0 bridgehead atoms. The van der Waals surface area contributed by atoms with Gasteiger partial charge in [0.15, 0.2) is 0 Å². The smallest absolute Gasteiger partial charge is 0.243 e. The number of likely N-dealkylation sites (tertiary alicyclic amines) is 1. The highest BCUT2D eigenvalue weighted by Crippen LogP contribution is 2.21. The zero-order valence-corrected chi connectivity index (χ0v) is 14.4. The molecule has 130 valence electrons. The molecule has 1 aromatic carbocycles. The molecular weight excluding hydrogens is 330 g/mol. The van der Waals surface area contributed by atoms with Crippen LogP contribution >= 0.6 is 0 Å². The molecular formula is C16H21N3O4S. The number of benzene rings is 1. The molecule has 2 saturated heterocycles. The fourth-order valence-corrected chi connectivity index (χ4v) is 4.62. The minimum absolute atomic E-state index is 0.0151. The lowest BCUT2D eigenvalue weighted by molar-refractivity contribution is -0.137. The topological polar surface area (TPSA) is 78.0 Å². The van der Waals surface area contributed by atoms with Crippen molar-refractivity contribution in [1.29, 1.82) is 0 Å². The van der Waals surface area contributed by atoms with E-state index in [1.54, 1.807) is 47.2 Å². The maximum absolute atomic E-state index is 12.6. The van der Waals surface area contributed by atoms with Crippen molar-refractivity contribution in [2.45, 2.75) is 11.3 Å². The van der Waals surface area contributed by atoms with E-state index in [0.29, 0.717) is 19.6 Å². The van der Waals surface area contributed by atoms with Crippen LogP contribution in [0.15, 0.2) is 35.2 Å². The van der Waals surface area contributed by atoms with Crippen molar-refractivity contribution < 1.29 is 18.0 Å². The first kappa shape index (κ1) is 16.9. The standard InChI is InChI=1S/C16H21N3O4S/c1-17-12-13(11-15(17)20)16(21)18-7-9-19(10-8-18)24(22,23)14-5-3-2-4-6-14/h2-6,13H,7-12H2,1H3/t13-/m0/s1. The van der Waals surface area contributed by atoms with Crippen LogP contribution in [0.4, 0.5) is 0 Å². The highest BCUT2D eigenvalue weighted by molar-refractivity contribution is 7.89. The van der Waals surface area contributed by atoms with Gasteiger partial charge in [-0.05, 0) is 12.1 Å². The summed E-state index contributed by atoms with van der Waals surface area (Å²) >= 11 is 0. The second-order valence-corrected chi connectivity index (χ2v) is 8.16. The van der Waals surface area contributed by atoms with Crippen molar-refractivity contribution in [3.05, 3.63) is 30.3 Å². The SMILES string of the molecule is CN1C[C@@H](C(=O)N2CCN(S(=O)(=O)c3ccccc3)CC2)CC1=O. The van der Waals surface area contributed by atoms with Crippen molar-refractivity contribution in [1.82, 2.24) is 14.1 Å². The van der Waals surface area contributed by atoms with Crippen LogP contribution in [0.25, 0.3) is 0 Å². The maximum atomic E-state index is 12.6. The molecule has 1 atom stereocenters. The molecule has 2 aliphatic rings. The number of carbonyl (C=O) groups excluding carboxylic acids is 2. The summed E-state index contributed by atoms with van der Waals surface area (Å²) in [5.41, 5.74) is 0. The van der Waals surface area contributed by atoms with E-state index in [1.165, 1.54) is 4.31 Å². The highest BCUT2D eigenvalue weighted by Gasteiger charge is 2.37. The Morgan fingerprint density at radius 1 is 1.08 bits per heavy atom. The Morgan fingerprint density at radius 3 is 2.25 bits per heavy atom. The summed E-state index contributed by atoms with van der Waals surface area (Å²) in [5.74, 6) is -0.372. The van der Waals surface area contributed by atoms with E-state index < -0.39 is 10.0 Å². The van der Waals surface area contributed by atoms with Crippen molar-refractivity contribution in [2.75, 3.05) is 39.8 Å². The van der Waals surface area contributed by atoms with E-state index in [0.717, 1.165) is 0 Å². The molecule has 7 nitrogen and oxygen atoms in total. The van der Waals surface area contributed by atoms with E-state index in [9.17, 15) is 18.0 Å². The fraction of sp³-hybridized carbons (Fsp3) is 0.500. The summed E-state index contributed by atoms with van der Waals surface area (Å²) in [6.45, 7) is 1.72. The number of nitrogens with zero attached hydrogens (tertiary/aromatic N) is 3. The predicted octanol–water partition coefficient (Wildman–Crippen LogP) is -0.00220. The molecule has 0 saturated carbocycles. The van der Waals surface area contributed by atoms with Gasteiger partial charge in [-0.3, -0.25) is 9.59 Å². The molecule has 2 heterocycles. The molecule has 24 heavy (non-hydrogen) atoms. The zero-order valence-electron chi connectivity index (χ0n) is 13.6. The highest BCUT2D eigenvalue weighted by atomic mass is 32.2. The summed E-state index contributed by atoms with van der Waals surface area (Å²) in [5, 5.41) is 0. The maximum Gasteiger partial charge on any atom is 0.243 e. The molecule has 2 aliphatic heterocycles. The van der Waals surface area contributed by atoms with Crippen LogP contribution in [0.2, 0.25) is 0 Å². The van der Waals surface area contributed by atoms with Crippen molar-refractivity contribution in [3.8, 4) is 0 Å². The van der Waals surface area contributed by atoms with Crippen LogP contribution in [0.1, 0.15) is 6.42 Å². The van der Waals surface area contributed by atoms with Gasteiger partial charge in [-0.1, -0.05) is 18.2 Å². The van der Waals surface area contributed by atoms with Crippen LogP contribution in [-0.4, -0.2) is 74.1 Å². The average Bonchev–Trinajstić information content (AvgIpc) is 2.94. The van der Waals surface area contributed by atoms with Gasteiger partial charge in [0.2, 0.25) is 21.8 Å². The monoisotopic (exact) mass is 351 g/mol. The molecule has 0 radical (unpaired) electrons. The van der Waals surface area contributed by atoms with Gasteiger partial charge in [0.25, 0.3) is 0 Å². The van der Waals surface area contributed by atoms with Gasteiger partial charge in [-0.15, -0.1) is 0 Å². The first-order valence-electron chi connectivity index (χ1n) is 7.97. The Morgan fingerprint density at radius 2 is 1.71 bits per heavy atom. The summed E-state index contributed by atoms with van der Waals surface area (Å²) in [6, 6.07) is 8.32. The van der Waals surface area contributed by atoms with Crippen LogP contribution < -0.4 is 0 Å².